The number of aliphatic imine (C=N–C) groups is 1. The van der Waals surface area contributed by atoms with E-state index in [0.717, 1.165) is 16.8 Å². The Bertz CT molecular complexity index is 1030. The molecule has 1 spiro atoms. The molecule has 0 aliphatic carbocycles. The minimum Gasteiger partial charge on any atom is -0.507 e. The van der Waals surface area contributed by atoms with Gasteiger partial charge in [-0.3, -0.25) is 10.3 Å². The number of carbonyl (C=O) groups is 1. The van der Waals surface area contributed by atoms with Crippen LogP contribution in [0.3, 0.4) is 0 Å². The standard InChI is InChI=1S/C25H31N3O5/c1-4-33-24(30)28-13-11-25(12-14-28)26-19(17-9-10-22(31-2)23(15-17)32-3)16-20(27-25)18-7-5-6-8-21(18)29/h5-10,15,19,26,29H,4,11-14,16H2,1-3H3/t19-/m1/s1. The van der Waals surface area contributed by atoms with E-state index in [4.69, 9.17) is 19.2 Å². The molecule has 2 aromatic rings. The third-order valence-corrected chi connectivity index (χ3v) is 6.33. The maximum absolute atomic E-state index is 12.2. The molecule has 8 heteroatoms. The molecule has 0 saturated carbocycles. The lowest BCUT2D eigenvalue weighted by atomic mass is 9.87. The third kappa shape index (κ3) is 4.75. The second-order valence-corrected chi connectivity index (χ2v) is 8.31. The molecule has 8 nitrogen and oxygen atoms in total. The molecule has 0 unspecified atom stereocenters. The molecule has 1 fully saturated rings. The zero-order chi connectivity index (χ0) is 23.4. The molecule has 2 aliphatic heterocycles. The van der Waals surface area contributed by atoms with Gasteiger partial charge in [-0.25, -0.2) is 4.79 Å². The number of methoxy groups -OCH3 is 2. The SMILES string of the molecule is CCOC(=O)N1CCC2(CC1)N=C(c1ccccc1O)C[C@H](c1ccc(OC)c(OC)c1)N2. The number of phenolic OH excluding ortho intramolecular Hbond substituents is 1. The lowest BCUT2D eigenvalue weighted by molar-refractivity contribution is 0.0779. The van der Waals surface area contributed by atoms with Gasteiger partial charge in [0.1, 0.15) is 11.4 Å². The van der Waals surface area contributed by atoms with Crippen LogP contribution in [0.1, 0.15) is 43.4 Å². The summed E-state index contributed by atoms with van der Waals surface area (Å²) in [5, 5.41) is 14.3. The fraction of sp³-hybridized carbons (Fsp3) is 0.440. The highest BCUT2D eigenvalue weighted by molar-refractivity contribution is 6.03. The Morgan fingerprint density at radius 3 is 2.55 bits per heavy atom. The summed E-state index contributed by atoms with van der Waals surface area (Å²) in [5.74, 6) is 1.54. The van der Waals surface area contributed by atoms with Crippen molar-refractivity contribution in [3.8, 4) is 17.2 Å². The summed E-state index contributed by atoms with van der Waals surface area (Å²) in [5.41, 5.74) is 2.08. The van der Waals surface area contributed by atoms with Gasteiger partial charge in [-0.2, -0.15) is 0 Å². The van der Waals surface area contributed by atoms with Crippen molar-refractivity contribution < 1.29 is 24.1 Å². The van der Waals surface area contributed by atoms with Gasteiger partial charge in [-0.05, 0) is 36.8 Å². The van der Waals surface area contributed by atoms with Gasteiger partial charge in [-0.1, -0.05) is 18.2 Å². The van der Waals surface area contributed by atoms with Crippen molar-refractivity contribution >= 4 is 11.8 Å². The first-order valence-electron chi connectivity index (χ1n) is 11.3. The number of para-hydroxylation sites is 1. The van der Waals surface area contributed by atoms with Crippen LogP contribution in [-0.4, -0.2) is 61.4 Å². The number of piperidine rings is 1. The van der Waals surface area contributed by atoms with Crippen LogP contribution in [0.25, 0.3) is 0 Å². The second-order valence-electron chi connectivity index (χ2n) is 8.31. The van der Waals surface area contributed by atoms with Crippen molar-refractivity contribution in [1.29, 1.82) is 0 Å². The monoisotopic (exact) mass is 453 g/mol. The summed E-state index contributed by atoms with van der Waals surface area (Å²) in [4.78, 5) is 19.0. The minimum atomic E-state index is -0.545. The number of amides is 1. The molecule has 1 atom stereocenters. The highest BCUT2D eigenvalue weighted by Gasteiger charge is 2.41. The van der Waals surface area contributed by atoms with Crippen molar-refractivity contribution in [3.05, 3.63) is 53.6 Å². The van der Waals surface area contributed by atoms with E-state index in [1.807, 2.05) is 37.3 Å². The average Bonchev–Trinajstić information content (AvgIpc) is 2.84. The van der Waals surface area contributed by atoms with Gasteiger partial charge < -0.3 is 24.2 Å². The van der Waals surface area contributed by atoms with Gasteiger partial charge in [0.15, 0.2) is 11.5 Å². The number of hydrogen-bond acceptors (Lipinski definition) is 7. The number of phenols is 1. The molecule has 0 radical (unpaired) electrons. The number of aromatic hydroxyl groups is 1. The molecule has 0 bridgehead atoms. The molecule has 1 amide bonds. The Kier molecular flexibility index (Phi) is 6.74. The summed E-state index contributed by atoms with van der Waals surface area (Å²) >= 11 is 0. The van der Waals surface area contributed by atoms with Crippen LogP contribution < -0.4 is 14.8 Å². The van der Waals surface area contributed by atoms with Crippen LogP contribution in [0, 0.1) is 0 Å². The van der Waals surface area contributed by atoms with Gasteiger partial charge in [0.05, 0.1) is 20.8 Å². The molecular formula is C25H31N3O5. The Labute approximate surface area is 194 Å². The quantitative estimate of drug-likeness (QED) is 0.714. The number of ether oxygens (including phenoxy) is 3. The predicted octanol–water partition coefficient (Wildman–Crippen LogP) is 3.88. The number of benzene rings is 2. The van der Waals surface area contributed by atoms with Crippen LogP contribution in [0.5, 0.6) is 17.2 Å². The van der Waals surface area contributed by atoms with Gasteiger partial charge in [-0.15, -0.1) is 0 Å². The zero-order valence-corrected chi connectivity index (χ0v) is 19.3. The van der Waals surface area contributed by atoms with E-state index in [1.165, 1.54) is 0 Å². The van der Waals surface area contributed by atoms with E-state index in [9.17, 15) is 9.90 Å². The molecule has 2 aliphatic rings. The van der Waals surface area contributed by atoms with Crippen LogP contribution in [0.2, 0.25) is 0 Å². The molecule has 0 aromatic heterocycles. The maximum Gasteiger partial charge on any atom is 0.409 e. The zero-order valence-electron chi connectivity index (χ0n) is 19.3. The first kappa shape index (κ1) is 22.9. The van der Waals surface area contributed by atoms with E-state index in [2.05, 4.69) is 5.32 Å². The molecule has 2 N–H and O–H groups in total. The Morgan fingerprint density at radius 2 is 1.88 bits per heavy atom. The molecule has 176 valence electrons. The molecule has 2 aromatic carbocycles. The molecular weight excluding hydrogens is 422 g/mol. The second kappa shape index (κ2) is 9.70. The van der Waals surface area contributed by atoms with E-state index < -0.39 is 5.66 Å². The van der Waals surface area contributed by atoms with E-state index in [1.54, 1.807) is 31.3 Å². The Morgan fingerprint density at radius 1 is 1.15 bits per heavy atom. The average molecular weight is 454 g/mol. The van der Waals surface area contributed by atoms with Crippen LogP contribution >= 0.6 is 0 Å². The number of nitrogens with zero attached hydrogens (tertiary/aromatic N) is 2. The normalized spacial score (nSPS) is 19.7. The van der Waals surface area contributed by atoms with E-state index in [-0.39, 0.29) is 17.9 Å². The molecule has 2 heterocycles. The van der Waals surface area contributed by atoms with E-state index in [0.29, 0.717) is 50.5 Å². The highest BCUT2D eigenvalue weighted by Crippen LogP contribution is 2.38. The summed E-state index contributed by atoms with van der Waals surface area (Å²) in [6.45, 7) is 3.25. The summed E-state index contributed by atoms with van der Waals surface area (Å²) in [6, 6.07) is 13.1. The maximum atomic E-state index is 12.2. The van der Waals surface area contributed by atoms with Crippen molar-refractivity contribution in [1.82, 2.24) is 10.2 Å². The predicted molar refractivity (Wildman–Crippen MR) is 125 cm³/mol. The molecule has 1 saturated heterocycles. The van der Waals surface area contributed by atoms with Gasteiger partial charge in [0.25, 0.3) is 0 Å². The fourth-order valence-electron chi connectivity index (χ4n) is 4.59. The highest BCUT2D eigenvalue weighted by atomic mass is 16.6. The largest absolute Gasteiger partial charge is 0.507 e. The van der Waals surface area contributed by atoms with Crippen LogP contribution in [0.4, 0.5) is 4.79 Å². The van der Waals surface area contributed by atoms with Crippen LogP contribution in [0.15, 0.2) is 47.5 Å². The van der Waals surface area contributed by atoms with Crippen molar-refractivity contribution in [2.45, 2.75) is 37.9 Å². The molecule has 4 rings (SSSR count). The van der Waals surface area contributed by atoms with Crippen LogP contribution in [-0.2, 0) is 4.74 Å². The Hall–Kier alpha value is -3.26. The lowest BCUT2D eigenvalue weighted by Crippen LogP contribution is -2.56. The minimum absolute atomic E-state index is 0.0499. The first-order valence-corrected chi connectivity index (χ1v) is 11.3. The third-order valence-electron chi connectivity index (χ3n) is 6.33. The van der Waals surface area contributed by atoms with Crippen molar-refractivity contribution in [2.24, 2.45) is 4.99 Å². The summed E-state index contributed by atoms with van der Waals surface area (Å²) in [7, 11) is 3.24. The molecule has 33 heavy (non-hydrogen) atoms. The number of rotatable bonds is 5. The van der Waals surface area contributed by atoms with Gasteiger partial charge in [0, 0.05) is 49.7 Å². The first-order chi connectivity index (χ1) is 16.0. The smallest absolute Gasteiger partial charge is 0.409 e. The lowest BCUT2D eigenvalue weighted by Gasteiger charge is -2.45. The van der Waals surface area contributed by atoms with Crippen molar-refractivity contribution in [3.63, 3.8) is 0 Å². The Balaban J connectivity index is 1.67. The van der Waals surface area contributed by atoms with Crippen molar-refractivity contribution in [2.75, 3.05) is 33.9 Å². The summed E-state index contributed by atoms with van der Waals surface area (Å²) in [6.07, 6.45) is 1.61. The number of likely N-dealkylation sites (tertiary alicyclic amines) is 1. The van der Waals surface area contributed by atoms with E-state index >= 15 is 0 Å². The number of nitrogens with one attached hydrogen (secondary N) is 1. The fourth-order valence-corrected chi connectivity index (χ4v) is 4.59. The topological polar surface area (TPSA) is 92.6 Å². The number of carbonyl (C=O) groups excluding carboxylic acids is 1. The summed E-state index contributed by atoms with van der Waals surface area (Å²) < 4.78 is 16.1. The van der Waals surface area contributed by atoms with Gasteiger partial charge in [0.2, 0.25) is 0 Å². The van der Waals surface area contributed by atoms with Gasteiger partial charge >= 0.3 is 6.09 Å². The number of hydrogen-bond donors (Lipinski definition) is 2.